The molecule has 2 aromatic carbocycles. The lowest BCUT2D eigenvalue weighted by Gasteiger charge is -2.37. The second kappa shape index (κ2) is 6.77. The summed E-state index contributed by atoms with van der Waals surface area (Å²) in [5.41, 5.74) is -2.59. The number of halogens is 1. The Morgan fingerprint density at radius 2 is 1.87 bits per heavy atom. The van der Waals surface area contributed by atoms with Crippen molar-refractivity contribution in [1.82, 2.24) is 9.78 Å². The number of hydrogen-bond acceptors (Lipinski definition) is 6. The first-order chi connectivity index (χ1) is 14.8. The summed E-state index contributed by atoms with van der Waals surface area (Å²) in [7, 11) is 2.91. The average molecular weight is 483 g/mol. The number of benzene rings is 2. The molecule has 1 aliphatic carbocycles. The third-order valence-corrected chi connectivity index (χ3v) is 6.75. The Balaban J connectivity index is 1.88. The summed E-state index contributed by atoms with van der Waals surface area (Å²) in [4.78, 5) is 27.2. The van der Waals surface area contributed by atoms with Gasteiger partial charge in [-0.25, -0.2) is 0 Å². The molecule has 4 atom stereocenters. The summed E-state index contributed by atoms with van der Waals surface area (Å²) in [5.74, 6) is -3.14. The Hall–Kier alpha value is -2.97. The van der Waals surface area contributed by atoms with Crippen LogP contribution in [0.5, 0.6) is 5.75 Å². The van der Waals surface area contributed by atoms with E-state index in [2.05, 4.69) is 21.0 Å². The zero-order chi connectivity index (χ0) is 22.0. The van der Waals surface area contributed by atoms with Crippen molar-refractivity contribution in [1.29, 1.82) is 0 Å². The maximum absolute atomic E-state index is 14.1. The van der Waals surface area contributed by atoms with Crippen LogP contribution in [0.4, 0.5) is 0 Å². The number of esters is 1. The summed E-state index contributed by atoms with van der Waals surface area (Å²) < 4.78 is 13.8. The van der Waals surface area contributed by atoms with E-state index in [1.165, 1.54) is 11.8 Å². The molecule has 8 heteroatoms. The molecule has 1 aromatic heterocycles. The number of ketones is 1. The number of nitrogens with zero attached hydrogens (tertiary/aromatic N) is 2. The summed E-state index contributed by atoms with van der Waals surface area (Å²) in [6.45, 7) is 0. The first-order valence-corrected chi connectivity index (χ1v) is 10.5. The van der Waals surface area contributed by atoms with Crippen LogP contribution in [0.15, 0.2) is 65.3 Å². The van der Waals surface area contributed by atoms with E-state index in [0.29, 0.717) is 11.1 Å². The van der Waals surface area contributed by atoms with Gasteiger partial charge in [-0.2, -0.15) is 5.10 Å². The fourth-order valence-corrected chi connectivity index (χ4v) is 5.24. The van der Waals surface area contributed by atoms with Gasteiger partial charge in [-0.15, -0.1) is 0 Å². The van der Waals surface area contributed by atoms with Gasteiger partial charge in [-0.3, -0.25) is 14.3 Å². The molecule has 2 unspecified atom stereocenters. The number of aliphatic hydroxyl groups is 1. The first-order valence-electron chi connectivity index (χ1n) is 9.73. The second-order valence-corrected chi connectivity index (χ2v) is 8.76. The minimum Gasteiger partial charge on any atom is -0.470 e. The van der Waals surface area contributed by atoms with Crippen LogP contribution in [-0.4, -0.2) is 33.7 Å². The van der Waals surface area contributed by atoms with E-state index < -0.39 is 34.8 Å². The van der Waals surface area contributed by atoms with E-state index >= 15 is 0 Å². The van der Waals surface area contributed by atoms with E-state index in [1.807, 2.05) is 30.3 Å². The van der Waals surface area contributed by atoms with Gasteiger partial charge in [0.1, 0.15) is 11.6 Å². The van der Waals surface area contributed by atoms with Crippen LogP contribution in [0.2, 0.25) is 0 Å². The average Bonchev–Trinajstić information content (AvgIpc) is 3.21. The molecule has 7 nitrogen and oxygen atoms in total. The molecule has 1 aliphatic heterocycles. The van der Waals surface area contributed by atoms with Crippen molar-refractivity contribution in [3.8, 4) is 5.75 Å². The summed E-state index contributed by atoms with van der Waals surface area (Å²) in [5, 5.41) is 16.2. The molecule has 1 fully saturated rings. The number of ether oxygens (including phenoxy) is 2. The third kappa shape index (κ3) is 2.52. The molecule has 0 radical (unpaired) electrons. The van der Waals surface area contributed by atoms with Crippen LogP contribution < -0.4 is 4.74 Å². The number of aromatic nitrogens is 2. The minimum atomic E-state index is -2.20. The van der Waals surface area contributed by atoms with Gasteiger partial charge < -0.3 is 14.6 Å². The zero-order valence-electron chi connectivity index (χ0n) is 16.8. The Bertz CT molecular complexity index is 1190. The number of methoxy groups -OCH3 is 1. The fraction of sp³-hybridized carbons (Fsp3) is 0.261. The van der Waals surface area contributed by atoms with Gasteiger partial charge in [0.2, 0.25) is 11.4 Å². The van der Waals surface area contributed by atoms with E-state index in [4.69, 9.17) is 9.47 Å². The summed E-state index contributed by atoms with van der Waals surface area (Å²) in [6.07, 6.45) is 1.60. The van der Waals surface area contributed by atoms with E-state index in [9.17, 15) is 14.7 Å². The van der Waals surface area contributed by atoms with Crippen molar-refractivity contribution in [3.63, 3.8) is 0 Å². The van der Waals surface area contributed by atoms with Gasteiger partial charge in [0.25, 0.3) is 0 Å². The van der Waals surface area contributed by atoms with E-state index in [-0.39, 0.29) is 11.4 Å². The number of hydrogen-bond donors (Lipinski definition) is 1. The molecule has 2 aliphatic rings. The Labute approximate surface area is 186 Å². The Morgan fingerprint density at radius 1 is 1.19 bits per heavy atom. The maximum Gasteiger partial charge on any atom is 0.313 e. The highest BCUT2D eigenvalue weighted by molar-refractivity contribution is 9.10. The quantitative estimate of drug-likeness (QED) is 0.577. The molecule has 0 saturated heterocycles. The van der Waals surface area contributed by atoms with E-state index in [1.54, 1.807) is 37.5 Å². The molecule has 0 amide bonds. The van der Waals surface area contributed by atoms with Crippen LogP contribution in [0, 0.1) is 5.92 Å². The zero-order valence-corrected chi connectivity index (χ0v) is 18.4. The van der Waals surface area contributed by atoms with Gasteiger partial charge in [-0.1, -0.05) is 58.4 Å². The van der Waals surface area contributed by atoms with Crippen molar-refractivity contribution < 1.29 is 24.2 Å². The van der Waals surface area contributed by atoms with Crippen molar-refractivity contribution in [2.75, 3.05) is 7.11 Å². The SMILES string of the molecule is COC(=O)C1C(c2ccccc2)[C@@]2(c3ccc(Br)cc3)Oc3cn(C)nc3[C@@]1(O)C2=O. The van der Waals surface area contributed by atoms with Crippen LogP contribution >= 0.6 is 15.9 Å². The van der Waals surface area contributed by atoms with Crippen molar-refractivity contribution in [2.45, 2.75) is 17.1 Å². The van der Waals surface area contributed by atoms with Crippen LogP contribution in [0.25, 0.3) is 0 Å². The highest BCUT2D eigenvalue weighted by Crippen LogP contribution is 2.64. The molecule has 1 saturated carbocycles. The van der Waals surface area contributed by atoms with Crippen molar-refractivity contribution >= 4 is 27.7 Å². The van der Waals surface area contributed by atoms with Crippen molar-refractivity contribution in [3.05, 3.63) is 82.1 Å². The number of carbonyl (C=O) groups is 2. The molecule has 3 aromatic rings. The molecule has 5 rings (SSSR count). The number of Topliss-reactive ketones (excluding diaryl/α,β-unsaturated/α-hetero) is 1. The third-order valence-electron chi connectivity index (χ3n) is 6.22. The van der Waals surface area contributed by atoms with Gasteiger partial charge in [0.05, 0.1) is 19.2 Å². The highest BCUT2D eigenvalue weighted by atomic mass is 79.9. The standard InChI is InChI=1S/C23H19BrN2O5/c1-26-12-16-19(25-26)22(29)18(20(27)30-2)17(13-6-4-3-5-7-13)23(31-16,21(22)28)14-8-10-15(24)11-9-14/h3-12,17-18,29H,1-2H3/t17?,18?,22-,23-/m1/s1. The van der Waals surface area contributed by atoms with Crippen molar-refractivity contribution in [2.24, 2.45) is 13.0 Å². The fourth-order valence-electron chi connectivity index (χ4n) is 4.97. The lowest BCUT2D eigenvalue weighted by molar-refractivity contribution is -0.163. The van der Waals surface area contributed by atoms with Crippen LogP contribution in [-0.2, 0) is 32.6 Å². The van der Waals surface area contributed by atoms with Gasteiger partial charge >= 0.3 is 5.97 Å². The predicted octanol–water partition coefficient (Wildman–Crippen LogP) is 2.81. The molecule has 2 bridgehead atoms. The monoisotopic (exact) mass is 482 g/mol. The molecule has 2 heterocycles. The predicted molar refractivity (Wildman–Crippen MR) is 113 cm³/mol. The Morgan fingerprint density at radius 3 is 2.52 bits per heavy atom. The van der Waals surface area contributed by atoms with Crippen LogP contribution in [0.3, 0.4) is 0 Å². The number of carbonyl (C=O) groups excluding carboxylic acids is 2. The molecule has 158 valence electrons. The summed E-state index contributed by atoms with van der Waals surface area (Å²) in [6, 6.07) is 16.2. The molecule has 0 spiro atoms. The number of rotatable bonds is 3. The molecular formula is C23H19BrN2O5. The minimum absolute atomic E-state index is 0.0292. The Kier molecular flexibility index (Phi) is 4.36. The largest absolute Gasteiger partial charge is 0.470 e. The maximum atomic E-state index is 14.1. The topological polar surface area (TPSA) is 90.7 Å². The second-order valence-electron chi connectivity index (χ2n) is 7.84. The smallest absolute Gasteiger partial charge is 0.313 e. The lowest BCUT2D eigenvalue weighted by Crippen LogP contribution is -2.51. The first kappa shape index (κ1) is 20.0. The van der Waals surface area contributed by atoms with Gasteiger partial charge in [0.15, 0.2) is 11.4 Å². The number of aryl methyl sites for hydroxylation is 1. The molecule has 1 N–H and O–H groups in total. The summed E-state index contributed by atoms with van der Waals surface area (Å²) >= 11 is 3.42. The van der Waals surface area contributed by atoms with Crippen LogP contribution in [0.1, 0.15) is 22.7 Å². The molecular weight excluding hydrogens is 464 g/mol. The normalized spacial score (nSPS) is 28.7. The lowest BCUT2D eigenvalue weighted by atomic mass is 9.75. The number of fused-ring (bicyclic) bond motifs is 4. The van der Waals surface area contributed by atoms with E-state index in [0.717, 1.165) is 4.47 Å². The molecule has 31 heavy (non-hydrogen) atoms. The van der Waals surface area contributed by atoms with Gasteiger partial charge in [-0.05, 0) is 17.7 Å². The highest BCUT2D eigenvalue weighted by Gasteiger charge is 2.77. The van der Waals surface area contributed by atoms with Gasteiger partial charge in [0, 0.05) is 17.1 Å².